The van der Waals surface area contributed by atoms with Crippen LogP contribution in [0.25, 0.3) is 0 Å². The molecule has 0 aromatic carbocycles. The van der Waals surface area contributed by atoms with Gasteiger partial charge in [0.1, 0.15) is 0 Å². The maximum absolute atomic E-state index is 5.50. The number of nitrogens with two attached hydrogens (primary N) is 1. The Morgan fingerprint density at radius 3 is 2.17 bits per heavy atom. The molecule has 1 atom stereocenters. The Bertz CT molecular complexity index is 102. The quantitative estimate of drug-likeness (QED) is 0.661. The molecule has 0 radical (unpaired) electrons. The van der Waals surface area contributed by atoms with Crippen LogP contribution in [0.3, 0.4) is 0 Å². The monoisotopic (exact) mass is 172 g/mol. The molecule has 0 heterocycles. The minimum atomic E-state index is 0.633. The first kappa shape index (κ1) is 11.9. The molecule has 12 heavy (non-hydrogen) atoms. The molecule has 0 aliphatic carbocycles. The second-order valence-electron chi connectivity index (χ2n) is 4.09. The Hall–Kier alpha value is -0.0800. The number of nitrogens with zero attached hydrogens (tertiary/aromatic N) is 1. The van der Waals surface area contributed by atoms with Gasteiger partial charge in [0.15, 0.2) is 0 Å². The van der Waals surface area contributed by atoms with Crippen LogP contribution in [-0.4, -0.2) is 31.1 Å². The predicted molar refractivity (Wildman–Crippen MR) is 55.2 cm³/mol. The molecule has 0 aliphatic rings. The van der Waals surface area contributed by atoms with E-state index < -0.39 is 0 Å². The highest BCUT2D eigenvalue weighted by Gasteiger charge is 2.07. The third-order valence-corrected chi connectivity index (χ3v) is 2.40. The zero-order valence-corrected chi connectivity index (χ0v) is 9.01. The highest BCUT2D eigenvalue weighted by molar-refractivity contribution is 4.64. The van der Waals surface area contributed by atoms with Crippen LogP contribution in [0.1, 0.15) is 33.6 Å². The van der Waals surface area contributed by atoms with Gasteiger partial charge in [-0.2, -0.15) is 0 Å². The summed E-state index contributed by atoms with van der Waals surface area (Å²) in [5, 5.41) is 0. The van der Waals surface area contributed by atoms with E-state index in [9.17, 15) is 0 Å². The second kappa shape index (κ2) is 6.44. The average Bonchev–Trinajstić information content (AvgIpc) is 2.00. The fraction of sp³-hybridized carbons (Fsp3) is 1.00. The summed E-state index contributed by atoms with van der Waals surface area (Å²) in [6.45, 7) is 8.77. The first-order valence-electron chi connectivity index (χ1n) is 4.98. The van der Waals surface area contributed by atoms with Crippen molar-refractivity contribution in [2.24, 2.45) is 11.7 Å². The van der Waals surface area contributed by atoms with Crippen LogP contribution < -0.4 is 5.73 Å². The largest absolute Gasteiger partial charge is 0.330 e. The third kappa shape index (κ3) is 5.56. The summed E-state index contributed by atoms with van der Waals surface area (Å²) in [5.41, 5.74) is 5.50. The van der Waals surface area contributed by atoms with E-state index in [1.165, 1.54) is 13.0 Å². The van der Waals surface area contributed by atoms with Gasteiger partial charge >= 0.3 is 0 Å². The SMILES string of the molecule is CC(C)CCN(C)C(C)CCN. The summed E-state index contributed by atoms with van der Waals surface area (Å²) in [6.07, 6.45) is 2.39. The van der Waals surface area contributed by atoms with Crippen molar-refractivity contribution in [3.8, 4) is 0 Å². The molecule has 2 N–H and O–H groups in total. The summed E-state index contributed by atoms with van der Waals surface area (Å²) in [4.78, 5) is 2.40. The highest BCUT2D eigenvalue weighted by atomic mass is 15.1. The minimum absolute atomic E-state index is 0.633. The molecule has 1 unspecified atom stereocenters. The lowest BCUT2D eigenvalue weighted by Gasteiger charge is -2.24. The van der Waals surface area contributed by atoms with E-state index in [0.29, 0.717) is 6.04 Å². The zero-order chi connectivity index (χ0) is 9.56. The van der Waals surface area contributed by atoms with Gasteiger partial charge in [-0.1, -0.05) is 13.8 Å². The van der Waals surface area contributed by atoms with Crippen molar-refractivity contribution in [2.75, 3.05) is 20.1 Å². The van der Waals surface area contributed by atoms with Crippen molar-refractivity contribution < 1.29 is 0 Å². The molecule has 0 rings (SSSR count). The van der Waals surface area contributed by atoms with Crippen LogP contribution >= 0.6 is 0 Å². The standard InChI is InChI=1S/C10H24N2/c1-9(2)6-8-12(4)10(3)5-7-11/h9-10H,5-8,11H2,1-4H3. The zero-order valence-electron chi connectivity index (χ0n) is 9.01. The van der Waals surface area contributed by atoms with Crippen LogP contribution in [0, 0.1) is 5.92 Å². The lowest BCUT2D eigenvalue weighted by Crippen LogP contribution is -2.32. The molecule has 0 bridgehead atoms. The number of hydrogen-bond acceptors (Lipinski definition) is 2. The van der Waals surface area contributed by atoms with E-state index >= 15 is 0 Å². The molecular weight excluding hydrogens is 148 g/mol. The topological polar surface area (TPSA) is 29.3 Å². The summed E-state index contributed by atoms with van der Waals surface area (Å²) in [7, 11) is 2.18. The van der Waals surface area contributed by atoms with Crippen LogP contribution in [0.4, 0.5) is 0 Å². The molecule has 0 saturated carbocycles. The van der Waals surface area contributed by atoms with Crippen molar-refractivity contribution in [1.29, 1.82) is 0 Å². The smallest absolute Gasteiger partial charge is 0.00758 e. The Morgan fingerprint density at radius 1 is 1.17 bits per heavy atom. The Labute approximate surface area is 77.1 Å². The van der Waals surface area contributed by atoms with Gasteiger partial charge < -0.3 is 10.6 Å². The first-order valence-corrected chi connectivity index (χ1v) is 4.98. The van der Waals surface area contributed by atoms with Gasteiger partial charge in [-0.3, -0.25) is 0 Å². The second-order valence-corrected chi connectivity index (χ2v) is 4.09. The molecule has 0 aliphatic heterocycles. The fourth-order valence-electron chi connectivity index (χ4n) is 1.14. The highest BCUT2D eigenvalue weighted by Crippen LogP contribution is 2.05. The van der Waals surface area contributed by atoms with Gasteiger partial charge in [-0.25, -0.2) is 0 Å². The van der Waals surface area contributed by atoms with Crippen molar-refractivity contribution in [3.63, 3.8) is 0 Å². The number of hydrogen-bond donors (Lipinski definition) is 1. The summed E-state index contributed by atoms with van der Waals surface area (Å²) >= 11 is 0. The van der Waals surface area contributed by atoms with Gasteiger partial charge in [0.05, 0.1) is 0 Å². The average molecular weight is 172 g/mol. The molecule has 2 heteroatoms. The molecule has 2 nitrogen and oxygen atoms in total. The Balaban J connectivity index is 3.49. The first-order chi connectivity index (χ1) is 5.57. The van der Waals surface area contributed by atoms with Crippen LogP contribution in [0.15, 0.2) is 0 Å². The lowest BCUT2D eigenvalue weighted by molar-refractivity contribution is 0.235. The minimum Gasteiger partial charge on any atom is -0.330 e. The Morgan fingerprint density at radius 2 is 1.75 bits per heavy atom. The van der Waals surface area contributed by atoms with Crippen molar-refractivity contribution in [3.05, 3.63) is 0 Å². The van der Waals surface area contributed by atoms with Crippen LogP contribution in [0.2, 0.25) is 0 Å². The van der Waals surface area contributed by atoms with Gasteiger partial charge in [0.2, 0.25) is 0 Å². The fourth-order valence-corrected chi connectivity index (χ4v) is 1.14. The van der Waals surface area contributed by atoms with Crippen molar-refractivity contribution in [2.45, 2.75) is 39.7 Å². The molecule has 0 fully saturated rings. The van der Waals surface area contributed by atoms with Gasteiger partial charge in [-0.05, 0) is 45.8 Å². The Kier molecular flexibility index (Phi) is 6.39. The van der Waals surface area contributed by atoms with Crippen LogP contribution in [0.5, 0.6) is 0 Å². The van der Waals surface area contributed by atoms with Crippen molar-refractivity contribution >= 4 is 0 Å². The summed E-state index contributed by atoms with van der Waals surface area (Å²) < 4.78 is 0. The summed E-state index contributed by atoms with van der Waals surface area (Å²) in [5.74, 6) is 0.803. The molecule has 74 valence electrons. The van der Waals surface area contributed by atoms with Gasteiger partial charge in [-0.15, -0.1) is 0 Å². The van der Waals surface area contributed by atoms with Gasteiger partial charge in [0.25, 0.3) is 0 Å². The molecule has 0 saturated heterocycles. The predicted octanol–water partition coefficient (Wildman–Crippen LogP) is 1.70. The maximum atomic E-state index is 5.50. The third-order valence-electron chi connectivity index (χ3n) is 2.40. The van der Waals surface area contributed by atoms with E-state index in [-0.39, 0.29) is 0 Å². The molecule has 0 amide bonds. The van der Waals surface area contributed by atoms with Crippen LogP contribution in [-0.2, 0) is 0 Å². The summed E-state index contributed by atoms with van der Waals surface area (Å²) in [6, 6.07) is 0.633. The number of rotatable bonds is 6. The maximum Gasteiger partial charge on any atom is 0.00758 e. The van der Waals surface area contributed by atoms with E-state index in [4.69, 9.17) is 5.73 Å². The molecular formula is C10H24N2. The normalized spacial score (nSPS) is 14.2. The van der Waals surface area contributed by atoms with E-state index in [1.54, 1.807) is 0 Å². The molecule has 0 aromatic rings. The lowest BCUT2D eigenvalue weighted by atomic mass is 10.1. The van der Waals surface area contributed by atoms with E-state index in [1.807, 2.05) is 0 Å². The van der Waals surface area contributed by atoms with Crippen molar-refractivity contribution in [1.82, 2.24) is 4.90 Å². The van der Waals surface area contributed by atoms with E-state index in [0.717, 1.165) is 18.9 Å². The van der Waals surface area contributed by atoms with Gasteiger partial charge in [0, 0.05) is 6.04 Å². The molecule has 0 spiro atoms. The van der Waals surface area contributed by atoms with E-state index in [2.05, 4.69) is 32.7 Å². The molecule has 0 aromatic heterocycles.